The van der Waals surface area contributed by atoms with Gasteiger partial charge in [0.25, 0.3) is 0 Å². The van der Waals surface area contributed by atoms with Crippen molar-refractivity contribution >= 4 is 46.4 Å². The zero-order valence-corrected chi connectivity index (χ0v) is 12.8. The average molecular weight is 332 g/mol. The Morgan fingerprint density at radius 1 is 1.22 bits per heavy atom. The largest absolute Gasteiger partial charge is 0.366 e. The first-order valence-corrected chi connectivity index (χ1v) is 7.28. The van der Waals surface area contributed by atoms with Crippen LogP contribution in [0.5, 0.6) is 0 Å². The van der Waals surface area contributed by atoms with Crippen molar-refractivity contribution in [1.29, 1.82) is 0 Å². The van der Waals surface area contributed by atoms with Crippen LogP contribution in [0, 0.1) is 0 Å². The Kier molecular flexibility index (Phi) is 4.53. The first-order valence-electron chi connectivity index (χ1n) is 6.90. The van der Waals surface area contributed by atoms with E-state index in [-0.39, 0.29) is 0 Å². The molecule has 9 heteroatoms. The summed E-state index contributed by atoms with van der Waals surface area (Å²) in [5.74, 6) is 1.22. The third-order valence-corrected chi connectivity index (χ3v) is 3.33. The molecule has 4 N–H and O–H groups in total. The predicted octanol–water partition coefficient (Wildman–Crippen LogP) is 1.91. The molecule has 0 aliphatic carbocycles. The smallest absolute Gasteiger partial charge is 0.207 e. The molecular formula is C14H14ClN7O. The van der Waals surface area contributed by atoms with E-state index in [9.17, 15) is 4.79 Å². The first-order chi connectivity index (χ1) is 11.3. The Morgan fingerprint density at radius 2 is 2.13 bits per heavy atom. The molecule has 8 nitrogen and oxygen atoms in total. The van der Waals surface area contributed by atoms with Gasteiger partial charge in [-0.1, -0.05) is 17.7 Å². The fraction of sp³-hybridized carbons (Fsp3) is 0.143. The Hall–Kier alpha value is -2.87. The number of nitrogens with one attached hydrogen (secondary N) is 4. The molecule has 2 heterocycles. The molecule has 3 aromatic rings. The van der Waals surface area contributed by atoms with Crippen LogP contribution in [0.25, 0.3) is 11.0 Å². The molecule has 0 aliphatic heterocycles. The fourth-order valence-electron chi connectivity index (χ4n) is 2.10. The van der Waals surface area contributed by atoms with Crippen molar-refractivity contribution in [3.8, 4) is 0 Å². The number of hydrogen-bond donors (Lipinski definition) is 4. The van der Waals surface area contributed by atoms with Crippen LogP contribution in [-0.2, 0) is 4.79 Å². The number of aromatic nitrogens is 4. The molecule has 118 valence electrons. The molecule has 2 aromatic heterocycles. The molecule has 0 atom stereocenters. The molecule has 1 aromatic carbocycles. The fourth-order valence-corrected chi connectivity index (χ4v) is 2.29. The topological polar surface area (TPSA) is 108 Å². The monoisotopic (exact) mass is 331 g/mol. The molecule has 23 heavy (non-hydrogen) atoms. The summed E-state index contributed by atoms with van der Waals surface area (Å²) in [5.41, 5.74) is 1.42. The summed E-state index contributed by atoms with van der Waals surface area (Å²) in [6.07, 6.45) is 2.10. The Bertz CT molecular complexity index is 820. The van der Waals surface area contributed by atoms with Gasteiger partial charge >= 0.3 is 0 Å². The number of carbonyl (C=O) groups excluding carboxylic acids is 1. The van der Waals surface area contributed by atoms with E-state index in [0.717, 1.165) is 11.1 Å². The molecule has 0 saturated carbocycles. The minimum atomic E-state index is 0.489. The number of amides is 1. The SMILES string of the molecule is O=CNCCNc1n[nH]c2ncnc(Nc3cccc(Cl)c3)c12. The molecule has 3 rings (SSSR count). The molecule has 0 fully saturated rings. The number of aromatic amines is 1. The van der Waals surface area contributed by atoms with Gasteiger partial charge in [0.05, 0.1) is 0 Å². The average Bonchev–Trinajstić information content (AvgIpc) is 2.96. The van der Waals surface area contributed by atoms with E-state index in [1.54, 1.807) is 12.1 Å². The van der Waals surface area contributed by atoms with Crippen molar-refractivity contribution < 1.29 is 4.79 Å². The lowest BCUT2D eigenvalue weighted by Crippen LogP contribution is -2.20. The lowest BCUT2D eigenvalue weighted by molar-refractivity contribution is -0.109. The van der Waals surface area contributed by atoms with Crippen molar-refractivity contribution in [3.63, 3.8) is 0 Å². The molecule has 0 unspecified atom stereocenters. The van der Waals surface area contributed by atoms with Crippen molar-refractivity contribution in [2.75, 3.05) is 23.7 Å². The maximum Gasteiger partial charge on any atom is 0.207 e. The van der Waals surface area contributed by atoms with Crippen LogP contribution in [0.15, 0.2) is 30.6 Å². The second-order valence-electron chi connectivity index (χ2n) is 4.65. The van der Waals surface area contributed by atoms with Crippen molar-refractivity contribution in [3.05, 3.63) is 35.6 Å². The van der Waals surface area contributed by atoms with Gasteiger partial charge in [0.15, 0.2) is 11.5 Å². The second kappa shape index (κ2) is 6.93. The van der Waals surface area contributed by atoms with E-state index in [4.69, 9.17) is 11.6 Å². The maximum absolute atomic E-state index is 10.3. The van der Waals surface area contributed by atoms with Gasteiger partial charge < -0.3 is 16.0 Å². The molecular weight excluding hydrogens is 318 g/mol. The quantitative estimate of drug-likeness (QED) is 0.389. The van der Waals surface area contributed by atoms with Crippen LogP contribution in [0.4, 0.5) is 17.3 Å². The zero-order chi connectivity index (χ0) is 16.1. The van der Waals surface area contributed by atoms with E-state index in [2.05, 4.69) is 36.1 Å². The van der Waals surface area contributed by atoms with Crippen molar-refractivity contribution in [2.45, 2.75) is 0 Å². The van der Waals surface area contributed by atoms with Gasteiger partial charge in [-0.3, -0.25) is 9.89 Å². The summed E-state index contributed by atoms with van der Waals surface area (Å²) in [4.78, 5) is 18.7. The third kappa shape index (κ3) is 3.49. The van der Waals surface area contributed by atoms with E-state index < -0.39 is 0 Å². The highest BCUT2D eigenvalue weighted by Gasteiger charge is 2.12. The molecule has 1 amide bonds. The van der Waals surface area contributed by atoms with Crippen molar-refractivity contribution in [1.82, 2.24) is 25.5 Å². The highest BCUT2D eigenvalue weighted by Crippen LogP contribution is 2.28. The number of rotatable bonds is 7. The molecule has 0 bridgehead atoms. The van der Waals surface area contributed by atoms with Gasteiger partial charge in [-0.05, 0) is 18.2 Å². The normalized spacial score (nSPS) is 10.5. The number of hydrogen-bond acceptors (Lipinski definition) is 6. The highest BCUT2D eigenvalue weighted by molar-refractivity contribution is 6.30. The number of H-pyrrole nitrogens is 1. The number of fused-ring (bicyclic) bond motifs is 1. The lowest BCUT2D eigenvalue weighted by Gasteiger charge is -2.08. The Morgan fingerprint density at radius 3 is 2.96 bits per heavy atom. The standard InChI is InChI=1S/C14H14ClN7O/c15-9-2-1-3-10(6-9)20-12-11-13(17-5-4-16-8-23)21-22-14(11)19-7-18-12/h1-3,6-8H,4-5H2,(H,16,23)(H3,17,18,19,20,21,22). The van der Waals surface area contributed by atoms with Gasteiger partial charge in [0, 0.05) is 23.8 Å². The van der Waals surface area contributed by atoms with E-state index in [1.165, 1.54) is 6.33 Å². The maximum atomic E-state index is 10.3. The number of benzene rings is 1. The van der Waals surface area contributed by atoms with E-state index >= 15 is 0 Å². The minimum absolute atomic E-state index is 0.489. The summed E-state index contributed by atoms with van der Waals surface area (Å²) < 4.78 is 0. The van der Waals surface area contributed by atoms with E-state index in [1.807, 2.05) is 12.1 Å². The third-order valence-electron chi connectivity index (χ3n) is 3.09. The van der Waals surface area contributed by atoms with E-state index in [0.29, 0.717) is 41.8 Å². The number of carbonyl (C=O) groups is 1. The minimum Gasteiger partial charge on any atom is -0.366 e. The summed E-state index contributed by atoms with van der Waals surface area (Å²) in [5, 5.41) is 17.3. The summed E-state index contributed by atoms with van der Waals surface area (Å²) >= 11 is 6.00. The number of nitrogens with zero attached hydrogens (tertiary/aromatic N) is 3. The second-order valence-corrected chi connectivity index (χ2v) is 5.09. The van der Waals surface area contributed by atoms with Crippen LogP contribution < -0.4 is 16.0 Å². The highest BCUT2D eigenvalue weighted by atomic mass is 35.5. The predicted molar refractivity (Wildman–Crippen MR) is 89.0 cm³/mol. The van der Waals surface area contributed by atoms with Gasteiger partial charge in [0.2, 0.25) is 6.41 Å². The van der Waals surface area contributed by atoms with Gasteiger partial charge in [-0.2, -0.15) is 5.10 Å². The van der Waals surface area contributed by atoms with Crippen LogP contribution >= 0.6 is 11.6 Å². The summed E-state index contributed by atoms with van der Waals surface area (Å²) in [6, 6.07) is 7.34. The molecule has 0 spiro atoms. The lowest BCUT2D eigenvalue weighted by atomic mass is 10.3. The van der Waals surface area contributed by atoms with Crippen molar-refractivity contribution in [2.24, 2.45) is 0 Å². The summed E-state index contributed by atoms with van der Waals surface area (Å²) in [6.45, 7) is 1.02. The number of halogens is 1. The summed E-state index contributed by atoms with van der Waals surface area (Å²) in [7, 11) is 0. The van der Waals surface area contributed by atoms with Crippen LogP contribution in [0.2, 0.25) is 5.02 Å². The van der Waals surface area contributed by atoms with Crippen LogP contribution in [0.1, 0.15) is 0 Å². The van der Waals surface area contributed by atoms with Crippen LogP contribution in [0.3, 0.4) is 0 Å². The molecule has 0 saturated heterocycles. The van der Waals surface area contributed by atoms with Crippen LogP contribution in [-0.4, -0.2) is 39.7 Å². The molecule has 0 aliphatic rings. The van der Waals surface area contributed by atoms with Gasteiger partial charge in [0.1, 0.15) is 17.5 Å². The molecule has 0 radical (unpaired) electrons. The van der Waals surface area contributed by atoms with Gasteiger partial charge in [-0.15, -0.1) is 0 Å². The Balaban J connectivity index is 1.87. The first kappa shape index (κ1) is 15.0. The number of anilines is 3. The zero-order valence-electron chi connectivity index (χ0n) is 12.0. The Labute approximate surface area is 136 Å². The van der Waals surface area contributed by atoms with Gasteiger partial charge in [-0.25, -0.2) is 9.97 Å².